The first-order valence-electron chi connectivity index (χ1n) is 12.6. The second kappa shape index (κ2) is 8.40. The van der Waals surface area contributed by atoms with Crippen molar-refractivity contribution >= 4 is 18.0 Å². The molecule has 3 N–H and O–H groups in total. The Balaban J connectivity index is 1.04. The standard InChI is InChI=1S/C28H30N2O5/c31-25(32)24(11-16-9-10-16)30-26(33)28-13-17(28)12-18(14-28)29-27(34)35-15-23-21-7-3-1-5-19(21)20-6-2-4-8-22(20)23/h1-8,16-18,23-24H,9-15H2,(H,29,34)(H,30,33)(H,31,32)/t17?,18?,24-,28?/m0/s1. The van der Waals surface area contributed by atoms with Gasteiger partial charge in [0, 0.05) is 12.0 Å². The summed E-state index contributed by atoms with van der Waals surface area (Å²) in [7, 11) is 0. The maximum atomic E-state index is 13.0. The molecule has 0 aromatic heterocycles. The highest BCUT2D eigenvalue weighted by Crippen LogP contribution is 2.63. The Kier molecular flexibility index (Phi) is 5.31. The van der Waals surface area contributed by atoms with E-state index in [4.69, 9.17) is 4.74 Å². The molecule has 4 aliphatic carbocycles. The van der Waals surface area contributed by atoms with Crippen molar-refractivity contribution < 1.29 is 24.2 Å². The van der Waals surface area contributed by atoms with Crippen LogP contribution >= 0.6 is 0 Å². The van der Waals surface area contributed by atoms with Gasteiger partial charge >= 0.3 is 12.1 Å². The maximum Gasteiger partial charge on any atom is 0.407 e. The number of carbonyl (C=O) groups is 3. The molecule has 182 valence electrons. The smallest absolute Gasteiger partial charge is 0.407 e. The number of rotatable bonds is 8. The summed E-state index contributed by atoms with van der Waals surface area (Å²) in [4.78, 5) is 37.2. The Morgan fingerprint density at radius 1 is 1.00 bits per heavy atom. The van der Waals surface area contributed by atoms with Crippen LogP contribution in [0.15, 0.2) is 48.5 Å². The van der Waals surface area contributed by atoms with E-state index in [0.717, 1.165) is 25.7 Å². The molecular formula is C28H30N2O5. The molecule has 0 spiro atoms. The molecule has 0 radical (unpaired) electrons. The molecule has 4 aliphatic rings. The number of ether oxygens (including phenoxy) is 1. The van der Waals surface area contributed by atoms with Gasteiger partial charge in [-0.05, 0) is 59.8 Å². The van der Waals surface area contributed by atoms with E-state index in [1.165, 1.54) is 22.3 Å². The fraction of sp³-hybridized carbons (Fsp3) is 0.464. The van der Waals surface area contributed by atoms with Crippen molar-refractivity contribution in [3.8, 4) is 11.1 Å². The van der Waals surface area contributed by atoms with Crippen molar-refractivity contribution in [2.75, 3.05) is 6.61 Å². The number of aliphatic carboxylic acids is 1. The van der Waals surface area contributed by atoms with Crippen LogP contribution in [0.5, 0.6) is 0 Å². The Hall–Kier alpha value is -3.35. The highest BCUT2D eigenvalue weighted by Gasteiger charge is 2.65. The summed E-state index contributed by atoms with van der Waals surface area (Å²) < 4.78 is 5.66. The van der Waals surface area contributed by atoms with E-state index in [-0.39, 0.29) is 30.4 Å². The van der Waals surface area contributed by atoms with Crippen molar-refractivity contribution in [3.63, 3.8) is 0 Å². The molecular weight excluding hydrogens is 444 g/mol. The van der Waals surface area contributed by atoms with Crippen LogP contribution in [0, 0.1) is 17.3 Å². The average Bonchev–Trinajstić information content (AvgIpc) is 3.74. The van der Waals surface area contributed by atoms with Crippen LogP contribution in [0.2, 0.25) is 0 Å². The van der Waals surface area contributed by atoms with Gasteiger partial charge in [0.25, 0.3) is 0 Å². The minimum atomic E-state index is -0.967. The summed E-state index contributed by atoms with van der Waals surface area (Å²) >= 11 is 0. The highest BCUT2D eigenvalue weighted by atomic mass is 16.5. The molecule has 0 heterocycles. The third-order valence-electron chi connectivity index (χ3n) is 8.40. The largest absolute Gasteiger partial charge is 0.480 e. The van der Waals surface area contributed by atoms with Crippen LogP contribution < -0.4 is 10.6 Å². The van der Waals surface area contributed by atoms with Crippen molar-refractivity contribution in [3.05, 3.63) is 59.7 Å². The maximum absolute atomic E-state index is 13.0. The number of fused-ring (bicyclic) bond motifs is 4. The molecule has 2 aromatic rings. The van der Waals surface area contributed by atoms with Gasteiger partial charge in [-0.2, -0.15) is 0 Å². The molecule has 35 heavy (non-hydrogen) atoms. The van der Waals surface area contributed by atoms with Crippen molar-refractivity contribution in [2.24, 2.45) is 17.3 Å². The van der Waals surface area contributed by atoms with E-state index >= 15 is 0 Å². The first-order valence-corrected chi connectivity index (χ1v) is 12.6. The van der Waals surface area contributed by atoms with E-state index in [2.05, 4.69) is 34.9 Å². The summed E-state index contributed by atoms with van der Waals surface area (Å²) in [6, 6.07) is 15.5. The SMILES string of the molecule is O=C(NC1CC2CC2(C(=O)N[C@@H](CC2CC2)C(=O)O)C1)OCC1c2ccccc2-c2ccccc21. The fourth-order valence-electron chi connectivity index (χ4n) is 6.30. The molecule has 6 rings (SSSR count). The van der Waals surface area contributed by atoms with E-state index in [0.29, 0.717) is 18.8 Å². The lowest BCUT2D eigenvalue weighted by molar-refractivity contribution is -0.143. The fourth-order valence-corrected chi connectivity index (χ4v) is 6.30. The molecule has 3 unspecified atom stereocenters. The number of carbonyl (C=O) groups excluding carboxylic acids is 2. The van der Waals surface area contributed by atoms with Gasteiger partial charge in [0.2, 0.25) is 5.91 Å². The van der Waals surface area contributed by atoms with Crippen molar-refractivity contribution in [2.45, 2.75) is 56.5 Å². The van der Waals surface area contributed by atoms with Gasteiger partial charge in [0.1, 0.15) is 12.6 Å². The van der Waals surface area contributed by atoms with Gasteiger partial charge in [-0.15, -0.1) is 0 Å². The predicted octanol–water partition coefficient (Wildman–Crippen LogP) is 4.06. The number of hydrogen-bond acceptors (Lipinski definition) is 4. The lowest BCUT2D eigenvalue weighted by Gasteiger charge is -2.21. The number of amides is 2. The molecule has 0 aliphatic heterocycles. The van der Waals surface area contributed by atoms with Crippen molar-refractivity contribution in [1.29, 1.82) is 0 Å². The number of hydrogen-bond donors (Lipinski definition) is 3. The third-order valence-corrected chi connectivity index (χ3v) is 8.40. The van der Waals surface area contributed by atoms with Gasteiger partial charge in [-0.1, -0.05) is 61.4 Å². The first kappa shape index (κ1) is 22.1. The van der Waals surface area contributed by atoms with E-state index in [9.17, 15) is 19.5 Å². The van der Waals surface area contributed by atoms with Crippen LogP contribution in [0.3, 0.4) is 0 Å². The van der Waals surface area contributed by atoms with Crippen molar-refractivity contribution in [1.82, 2.24) is 10.6 Å². The number of alkyl carbamates (subject to hydrolysis) is 1. The third kappa shape index (κ3) is 4.07. The average molecular weight is 475 g/mol. The van der Waals surface area contributed by atoms with Crippen LogP contribution in [0.1, 0.15) is 55.6 Å². The normalized spacial score (nSPS) is 26.7. The summed E-state index contributed by atoms with van der Waals surface area (Å²) in [5.74, 6) is -0.536. The molecule has 3 saturated carbocycles. The monoisotopic (exact) mass is 474 g/mol. The summed E-state index contributed by atoms with van der Waals surface area (Å²) in [5.41, 5.74) is 4.15. The lowest BCUT2D eigenvalue weighted by atomic mass is 9.98. The molecule has 4 atom stereocenters. The molecule has 7 heteroatoms. The summed E-state index contributed by atoms with van der Waals surface area (Å²) in [6.07, 6.45) is 4.13. The zero-order valence-electron chi connectivity index (χ0n) is 19.5. The van der Waals surface area contributed by atoms with Gasteiger partial charge < -0.3 is 20.5 Å². The van der Waals surface area contributed by atoms with Crippen LogP contribution in [-0.2, 0) is 14.3 Å². The first-order chi connectivity index (χ1) is 16.9. The predicted molar refractivity (Wildman–Crippen MR) is 129 cm³/mol. The zero-order chi connectivity index (χ0) is 24.2. The Morgan fingerprint density at radius 3 is 2.29 bits per heavy atom. The number of nitrogens with one attached hydrogen (secondary N) is 2. The highest BCUT2D eigenvalue weighted by molar-refractivity contribution is 5.90. The van der Waals surface area contributed by atoms with Gasteiger partial charge in [-0.25, -0.2) is 9.59 Å². The molecule has 2 amide bonds. The molecule has 2 aromatic carbocycles. The molecule has 0 bridgehead atoms. The van der Waals surface area contributed by atoms with E-state index < -0.39 is 23.5 Å². The Morgan fingerprint density at radius 2 is 1.66 bits per heavy atom. The van der Waals surface area contributed by atoms with E-state index in [1.807, 2.05) is 24.3 Å². The second-order valence-corrected chi connectivity index (χ2v) is 10.7. The molecule has 3 fully saturated rings. The van der Waals surface area contributed by atoms with Crippen LogP contribution in [-0.4, -0.2) is 41.8 Å². The van der Waals surface area contributed by atoms with Crippen LogP contribution in [0.25, 0.3) is 11.1 Å². The van der Waals surface area contributed by atoms with Gasteiger partial charge in [0.15, 0.2) is 0 Å². The zero-order valence-corrected chi connectivity index (χ0v) is 19.5. The van der Waals surface area contributed by atoms with Gasteiger partial charge in [-0.3, -0.25) is 4.79 Å². The topological polar surface area (TPSA) is 105 Å². The lowest BCUT2D eigenvalue weighted by Crippen LogP contribution is -2.45. The van der Waals surface area contributed by atoms with E-state index in [1.54, 1.807) is 0 Å². The quantitative estimate of drug-likeness (QED) is 0.535. The number of benzene rings is 2. The Bertz CT molecular complexity index is 1150. The Labute approximate surface area is 204 Å². The number of carboxylic acids is 1. The molecule has 7 nitrogen and oxygen atoms in total. The van der Waals surface area contributed by atoms with Crippen LogP contribution in [0.4, 0.5) is 4.79 Å². The minimum Gasteiger partial charge on any atom is -0.480 e. The second-order valence-electron chi connectivity index (χ2n) is 10.7. The summed E-state index contributed by atoms with van der Waals surface area (Å²) in [5, 5.41) is 15.2. The minimum absolute atomic E-state index is 0.00155. The summed E-state index contributed by atoms with van der Waals surface area (Å²) in [6.45, 7) is 0.253. The molecule has 0 saturated heterocycles. The number of carboxylic acid groups (broad SMARTS) is 1. The van der Waals surface area contributed by atoms with Gasteiger partial charge in [0.05, 0.1) is 5.41 Å².